The number of hydrogen-bond acceptors (Lipinski definition) is 4. The molecule has 0 bridgehead atoms. The number of allylic oxidation sites excluding steroid dienone is 3. The lowest BCUT2D eigenvalue weighted by atomic mass is 9.67. The Hall–Kier alpha value is -4.51. The van der Waals surface area contributed by atoms with Crippen LogP contribution in [-0.4, -0.2) is 33.4 Å². The van der Waals surface area contributed by atoms with Gasteiger partial charge in [0.25, 0.3) is 0 Å². The predicted molar refractivity (Wildman–Crippen MR) is 150 cm³/mol. The topological polar surface area (TPSA) is 67.5 Å². The van der Waals surface area contributed by atoms with E-state index in [1.807, 2.05) is 110 Å². The number of nitrogens with zero attached hydrogens (tertiary/aromatic N) is 3. The van der Waals surface area contributed by atoms with E-state index in [1.165, 1.54) is 0 Å². The summed E-state index contributed by atoms with van der Waals surface area (Å²) in [6.45, 7) is 8.06. The van der Waals surface area contributed by atoms with Gasteiger partial charge in [0, 0.05) is 29.8 Å². The summed E-state index contributed by atoms with van der Waals surface area (Å²) < 4.78 is 1.85. The van der Waals surface area contributed by atoms with Gasteiger partial charge in [-0.1, -0.05) is 85.4 Å². The van der Waals surface area contributed by atoms with Crippen LogP contribution >= 0.6 is 0 Å². The van der Waals surface area contributed by atoms with Crippen LogP contribution in [0.4, 0.5) is 0 Å². The van der Waals surface area contributed by atoms with Crippen molar-refractivity contribution in [2.24, 2.45) is 16.8 Å². The molecule has 0 spiro atoms. The van der Waals surface area contributed by atoms with E-state index in [4.69, 9.17) is 5.10 Å². The number of rotatable bonds is 7. The van der Waals surface area contributed by atoms with Crippen molar-refractivity contribution in [1.82, 2.24) is 9.78 Å². The van der Waals surface area contributed by atoms with Gasteiger partial charge in [0.15, 0.2) is 5.78 Å². The van der Waals surface area contributed by atoms with Crippen molar-refractivity contribution >= 4 is 22.6 Å². The maximum absolute atomic E-state index is 13.9. The van der Waals surface area contributed by atoms with Crippen molar-refractivity contribution in [2.75, 3.05) is 7.05 Å². The second-order valence-electron chi connectivity index (χ2n) is 9.26. The minimum absolute atomic E-state index is 0.0583. The maximum atomic E-state index is 13.9. The number of aliphatic hydroxyl groups excluding tert-OH is 1. The number of aromatic nitrogens is 2. The van der Waals surface area contributed by atoms with Gasteiger partial charge in [0.2, 0.25) is 0 Å². The van der Waals surface area contributed by atoms with E-state index in [9.17, 15) is 9.90 Å². The summed E-state index contributed by atoms with van der Waals surface area (Å²) >= 11 is 0. The first kappa shape index (κ1) is 24.2. The van der Waals surface area contributed by atoms with Gasteiger partial charge in [-0.15, -0.1) is 0 Å². The predicted octanol–water partition coefficient (Wildman–Crippen LogP) is 6.74. The molecule has 1 N–H and O–H groups in total. The molecule has 0 fully saturated rings. The van der Waals surface area contributed by atoms with Crippen LogP contribution < -0.4 is 0 Å². The molecule has 1 aliphatic carbocycles. The highest BCUT2D eigenvalue weighted by Crippen LogP contribution is 2.48. The molecule has 5 nitrogen and oxygen atoms in total. The first-order valence-corrected chi connectivity index (χ1v) is 12.3. The van der Waals surface area contributed by atoms with Crippen molar-refractivity contribution in [3.63, 3.8) is 0 Å². The molecule has 1 aliphatic rings. The van der Waals surface area contributed by atoms with Crippen LogP contribution in [0.1, 0.15) is 23.7 Å². The fourth-order valence-electron chi connectivity index (χ4n) is 5.15. The monoisotopic (exact) mass is 487 g/mol. The molecule has 0 saturated carbocycles. The average molecular weight is 488 g/mol. The van der Waals surface area contributed by atoms with E-state index in [-0.39, 0.29) is 11.5 Å². The Bertz CT molecular complexity index is 1530. The summed E-state index contributed by atoms with van der Waals surface area (Å²) in [5.74, 6) is -1.25. The smallest absolute Gasteiger partial charge is 0.178 e. The molecule has 5 heteroatoms. The summed E-state index contributed by atoms with van der Waals surface area (Å²) in [6.07, 6.45) is 0. The summed E-state index contributed by atoms with van der Waals surface area (Å²) in [6, 6.07) is 29.4. The van der Waals surface area contributed by atoms with Gasteiger partial charge in [-0.25, -0.2) is 4.68 Å². The molecule has 0 saturated heterocycles. The molecular weight excluding hydrogens is 458 g/mol. The van der Waals surface area contributed by atoms with Gasteiger partial charge >= 0.3 is 0 Å². The highest BCUT2D eigenvalue weighted by atomic mass is 16.3. The Morgan fingerprint density at radius 2 is 1.54 bits per heavy atom. The van der Waals surface area contributed by atoms with E-state index in [0.29, 0.717) is 16.8 Å². The number of ketones is 1. The minimum atomic E-state index is -0.741. The Morgan fingerprint density at radius 3 is 2.11 bits per heavy atom. The van der Waals surface area contributed by atoms with Crippen molar-refractivity contribution in [2.45, 2.75) is 13.8 Å². The lowest BCUT2D eigenvalue weighted by Gasteiger charge is -2.35. The molecule has 184 valence electrons. The highest BCUT2D eigenvalue weighted by Gasteiger charge is 2.48. The van der Waals surface area contributed by atoms with Crippen LogP contribution in [0.25, 0.3) is 28.1 Å². The third kappa shape index (κ3) is 4.12. The number of carbonyl (C=O) groups is 1. The van der Waals surface area contributed by atoms with Crippen molar-refractivity contribution in [3.8, 4) is 16.9 Å². The largest absolute Gasteiger partial charge is 0.511 e. The lowest BCUT2D eigenvalue weighted by molar-refractivity contribution is -0.119. The van der Waals surface area contributed by atoms with E-state index in [2.05, 4.69) is 11.6 Å². The Morgan fingerprint density at radius 1 is 0.973 bits per heavy atom. The Kier molecular flexibility index (Phi) is 6.45. The highest BCUT2D eigenvalue weighted by molar-refractivity contribution is 6.32. The van der Waals surface area contributed by atoms with Gasteiger partial charge in [-0.2, -0.15) is 5.10 Å². The zero-order chi connectivity index (χ0) is 26.1. The molecule has 3 aromatic carbocycles. The molecule has 5 rings (SSSR count). The third-order valence-corrected chi connectivity index (χ3v) is 7.09. The van der Waals surface area contributed by atoms with Gasteiger partial charge in [0.05, 0.1) is 28.6 Å². The van der Waals surface area contributed by atoms with Crippen LogP contribution in [0.2, 0.25) is 0 Å². The van der Waals surface area contributed by atoms with Crippen LogP contribution in [0, 0.1) is 18.8 Å². The average Bonchev–Trinajstić information content (AvgIpc) is 3.28. The number of carbonyl (C=O) groups excluding carboxylic acids is 1. The zero-order valence-electron chi connectivity index (χ0n) is 21.2. The number of aliphatic imine (C=N–C) groups is 1. The molecule has 4 aromatic rings. The standard InChI is InChI=1S/C32H29N3O2/c1-20(23-14-8-5-9-15-23)26(21(2)33-4)28-31(36)29(32(28)37)27-22(3)34-35(25-18-12-7-13-19-25)30(27)24-16-10-6-11-17-24/h5-19,26,28,36H,1H2,2-4H3. The van der Waals surface area contributed by atoms with Gasteiger partial charge in [-0.05, 0) is 37.1 Å². The fraction of sp³-hybridized carbons (Fsp3) is 0.156. The van der Waals surface area contributed by atoms with E-state index in [0.717, 1.165) is 33.8 Å². The number of Topliss-reactive ketones (excluding diaryl/α,β-unsaturated/α-hetero) is 1. The first-order valence-electron chi connectivity index (χ1n) is 12.3. The zero-order valence-corrected chi connectivity index (χ0v) is 21.2. The van der Waals surface area contributed by atoms with Crippen LogP contribution in [0.3, 0.4) is 0 Å². The van der Waals surface area contributed by atoms with Crippen LogP contribution in [0.5, 0.6) is 0 Å². The third-order valence-electron chi connectivity index (χ3n) is 7.09. The van der Waals surface area contributed by atoms with Crippen molar-refractivity contribution in [1.29, 1.82) is 0 Å². The van der Waals surface area contributed by atoms with Gasteiger partial charge < -0.3 is 5.11 Å². The van der Waals surface area contributed by atoms with E-state index >= 15 is 0 Å². The second-order valence-corrected chi connectivity index (χ2v) is 9.26. The number of benzene rings is 3. The van der Waals surface area contributed by atoms with Crippen LogP contribution in [0.15, 0.2) is 108 Å². The quantitative estimate of drug-likeness (QED) is 0.294. The van der Waals surface area contributed by atoms with Gasteiger partial charge in [0.1, 0.15) is 5.76 Å². The molecular formula is C32H29N3O2. The summed E-state index contributed by atoms with van der Waals surface area (Å²) in [4.78, 5) is 18.3. The number of para-hydroxylation sites is 1. The van der Waals surface area contributed by atoms with Crippen LogP contribution in [-0.2, 0) is 4.79 Å². The molecule has 0 aliphatic heterocycles. The molecule has 0 radical (unpaired) electrons. The number of aliphatic hydroxyl groups is 1. The van der Waals surface area contributed by atoms with E-state index < -0.39 is 11.8 Å². The maximum Gasteiger partial charge on any atom is 0.178 e. The Balaban J connectivity index is 1.67. The fourth-order valence-corrected chi connectivity index (χ4v) is 5.15. The van der Waals surface area contributed by atoms with E-state index in [1.54, 1.807) is 7.05 Å². The van der Waals surface area contributed by atoms with Gasteiger partial charge in [-0.3, -0.25) is 9.79 Å². The summed E-state index contributed by atoms with van der Waals surface area (Å²) in [5, 5.41) is 16.3. The summed E-state index contributed by atoms with van der Waals surface area (Å²) in [7, 11) is 1.70. The summed E-state index contributed by atoms with van der Waals surface area (Å²) in [5.41, 5.74) is 6.64. The molecule has 37 heavy (non-hydrogen) atoms. The van der Waals surface area contributed by atoms with Crippen molar-refractivity contribution in [3.05, 3.63) is 120 Å². The molecule has 1 heterocycles. The molecule has 2 unspecified atom stereocenters. The van der Waals surface area contributed by atoms with Crippen molar-refractivity contribution < 1.29 is 9.90 Å². The molecule has 2 atom stereocenters. The molecule has 0 amide bonds. The number of hydrogen-bond donors (Lipinski definition) is 1. The Labute approximate surface area is 217 Å². The number of aryl methyl sites for hydroxylation is 1. The minimum Gasteiger partial charge on any atom is -0.511 e. The SMILES string of the molecule is C=C(c1ccccc1)C(C(C)=NC)C1C(=O)C(c2c(C)nn(-c3ccccc3)c2-c2ccccc2)=C1O. The lowest BCUT2D eigenvalue weighted by Crippen LogP contribution is -2.39. The normalized spacial score (nSPS) is 16.5. The first-order chi connectivity index (χ1) is 17.9. The molecule has 1 aromatic heterocycles. The second kappa shape index (κ2) is 9.86.